The molecule has 1 atom stereocenters. The Labute approximate surface area is 191 Å². The highest BCUT2D eigenvalue weighted by Crippen LogP contribution is 2.37. The van der Waals surface area contributed by atoms with Crippen molar-refractivity contribution in [1.29, 1.82) is 0 Å². The molecule has 0 aromatic heterocycles. The molecular formula is C26H25FN2O4. The Balaban J connectivity index is 1.65. The zero-order chi connectivity index (χ0) is 23.4. The lowest BCUT2D eigenvalue weighted by Gasteiger charge is -2.28. The van der Waals surface area contributed by atoms with Gasteiger partial charge in [-0.3, -0.25) is 9.59 Å². The second kappa shape index (κ2) is 9.73. The summed E-state index contributed by atoms with van der Waals surface area (Å²) < 4.78 is 24.6. The van der Waals surface area contributed by atoms with Crippen LogP contribution in [0.15, 0.2) is 66.7 Å². The van der Waals surface area contributed by atoms with Crippen molar-refractivity contribution in [2.45, 2.75) is 25.9 Å². The van der Waals surface area contributed by atoms with E-state index in [4.69, 9.17) is 9.47 Å². The number of nitrogens with zero attached hydrogens (tertiary/aromatic N) is 1. The summed E-state index contributed by atoms with van der Waals surface area (Å²) in [7, 11) is 1.55. The lowest BCUT2D eigenvalue weighted by atomic mass is 10.0. The van der Waals surface area contributed by atoms with Crippen LogP contribution in [0.2, 0.25) is 0 Å². The molecule has 0 aliphatic carbocycles. The fourth-order valence-corrected chi connectivity index (χ4v) is 4.06. The summed E-state index contributed by atoms with van der Waals surface area (Å²) in [5.74, 6) is 0.201. The average molecular weight is 448 g/mol. The van der Waals surface area contributed by atoms with E-state index >= 15 is 0 Å². The van der Waals surface area contributed by atoms with E-state index in [-0.39, 0.29) is 18.2 Å². The predicted octanol–water partition coefficient (Wildman–Crippen LogP) is 4.96. The third kappa shape index (κ3) is 4.82. The number of anilines is 1. The highest BCUT2D eigenvalue weighted by Gasteiger charge is 2.34. The number of methoxy groups -OCH3 is 1. The first-order chi connectivity index (χ1) is 16.0. The molecule has 1 N–H and O–H groups in total. The Hall–Kier alpha value is -3.87. The molecule has 1 aliphatic heterocycles. The van der Waals surface area contributed by atoms with E-state index in [1.807, 2.05) is 31.2 Å². The monoisotopic (exact) mass is 448 g/mol. The van der Waals surface area contributed by atoms with Crippen LogP contribution in [-0.2, 0) is 11.3 Å². The van der Waals surface area contributed by atoms with E-state index in [1.54, 1.807) is 36.3 Å². The first-order valence-electron chi connectivity index (χ1n) is 10.7. The maximum atomic E-state index is 13.5. The first-order valence-corrected chi connectivity index (χ1v) is 10.7. The maximum absolute atomic E-state index is 13.5. The topological polar surface area (TPSA) is 67.9 Å². The summed E-state index contributed by atoms with van der Waals surface area (Å²) >= 11 is 0. The number of hydrogen-bond acceptors (Lipinski definition) is 4. The number of nitrogens with one attached hydrogen (secondary N) is 1. The molecule has 0 saturated carbocycles. The van der Waals surface area contributed by atoms with Gasteiger partial charge in [0.1, 0.15) is 5.82 Å². The SMILES string of the molecule is CCOc1ccc([C@H](CC(=O)Nc2cccc(F)c2)N2Cc3ccccc3C2=O)cc1OC. The van der Waals surface area contributed by atoms with Crippen molar-refractivity contribution in [2.75, 3.05) is 19.0 Å². The number of halogens is 1. The van der Waals surface area contributed by atoms with Gasteiger partial charge in [0.25, 0.3) is 5.91 Å². The van der Waals surface area contributed by atoms with Gasteiger partial charge in [0.15, 0.2) is 11.5 Å². The number of ether oxygens (including phenoxy) is 2. The van der Waals surface area contributed by atoms with Gasteiger partial charge in [0.2, 0.25) is 5.91 Å². The fraction of sp³-hybridized carbons (Fsp3) is 0.231. The summed E-state index contributed by atoms with van der Waals surface area (Å²) in [5, 5.41) is 2.73. The lowest BCUT2D eigenvalue weighted by molar-refractivity contribution is -0.117. The van der Waals surface area contributed by atoms with E-state index in [2.05, 4.69) is 5.32 Å². The summed E-state index contributed by atoms with van der Waals surface area (Å²) in [4.78, 5) is 27.8. The number of carbonyl (C=O) groups excluding carboxylic acids is 2. The maximum Gasteiger partial charge on any atom is 0.255 e. The zero-order valence-electron chi connectivity index (χ0n) is 18.5. The van der Waals surface area contributed by atoms with Crippen molar-refractivity contribution in [1.82, 2.24) is 4.90 Å². The van der Waals surface area contributed by atoms with Crippen LogP contribution >= 0.6 is 0 Å². The molecule has 7 heteroatoms. The third-order valence-corrected chi connectivity index (χ3v) is 5.58. The van der Waals surface area contributed by atoms with Gasteiger partial charge in [0, 0.05) is 17.8 Å². The standard InChI is InChI=1S/C26H25FN2O4/c1-3-33-23-12-11-17(13-24(23)32-2)22(15-25(30)28-20-9-6-8-19(27)14-20)29-16-18-7-4-5-10-21(18)26(29)31/h4-14,22H,3,15-16H2,1-2H3,(H,28,30)/t22-/m0/s1. The molecular weight excluding hydrogens is 423 g/mol. The van der Waals surface area contributed by atoms with Gasteiger partial charge >= 0.3 is 0 Å². The molecule has 4 rings (SSSR count). The molecule has 0 fully saturated rings. The minimum atomic E-state index is -0.553. The van der Waals surface area contributed by atoms with Gasteiger partial charge < -0.3 is 19.7 Å². The normalized spacial score (nSPS) is 13.4. The van der Waals surface area contributed by atoms with Gasteiger partial charge in [0.05, 0.1) is 26.2 Å². The van der Waals surface area contributed by atoms with Crippen LogP contribution in [0.5, 0.6) is 11.5 Å². The van der Waals surface area contributed by atoms with Crippen LogP contribution in [0, 0.1) is 5.82 Å². The van der Waals surface area contributed by atoms with Crippen molar-refractivity contribution < 1.29 is 23.5 Å². The van der Waals surface area contributed by atoms with Crippen LogP contribution in [0.25, 0.3) is 0 Å². The van der Waals surface area contributed by atoms with E-state index in [0.717, 1.165) is 11.1 Å². The minimum absolute atomic E-state index is 0.00657. The van der Waals surface area contributed by atoms with Gasteiger partial charge in [-0.1, -0.05) is 30.3 Å². The van der Waals surface area contributed by atoms with Crippen LogP contribution < -0.4 is 14.8 Å². The van der Waals surface area contributed by atoms with Crippen molar-refractivity contribution in [3.63, 3.8) is 0 Å². The largest absolute Gasteiger partial charge is 0.493 e. The summed E-state index contributed by atoms with van der Waals surface area (Å²) in [5.41, 5.74) is 2.65. The number of fused-ring (bicyclic) bond motifs is 1. The Morgan fingerprint density at radius 2 is 1.91 bits per heavy atom. The van der Waals surface area contributed by atoms with Crippen LogP contribution in [0.3, 0.4) is 0 Å². The molecule has 33 heavy (non-hydrogen) atoms. The number of benzene rings is 3. The number of hydrogen-bond donors (Lipinski definition) is 1. The lowest BCUT2D eigenvalue weighted by Crippen LogP contribution is -2.32. The Morgan fingerprint density at radius 3 is 2.64 bits per heavy atom. The molecule has 0 radical (unpaired) electrons. The van der Waals surface area contributed by atoms with E-state index in [9.17, 15) is 14.0 Å². The van der Waals surface area contributed by atoms with E-state index in [0.29, 0.717) is 35.9 Å². The predicted molar refractivity (Wildman–Crippen MR) is 123 cm³/mol. The number of carbonyl (C=O) groups is 2. The number of rotatable bonds is 8. The molecule has 0 bridgehead atoms. The first kappa shape index (κ1) is 22.3. The van der Waals surface area contributed by atoms with Crippen LogP contribution in [0.4, 0.5) is 10.1 Å². The Bertz CT molecular complexity index is 1180. The molecule has 1 aliphatic rings. The number of amides is 2. The summed E-state index contributed by atoms with van der Waals surface area (Å²) in [6.07, 6.45) is -0.00657. The Morgan fingerprint density at radius 1 is 1.09 bits per heavy atom. The summed E-state index contributed by atoms with van der Waals surface area (Å²) in [6.45, 7) is 2.75. The fourth-order valence-electron chi connectivity index (χ4n) is 4.06. The van der Waals surface area contributed by atoms with Gasteiger partial charge in [-0.15, -0.1) is 0 Å². The van der Waals surface area contributed by atoms with Crippen LogP contribution in [0.1, 0.15) is 40.9 Å². The second-order valence-corrected chi connectivity index (χ2v) is 7.71. The second-order valence-electron chi connectivity index (χ2n) is 7.71. The van der Waals surface area contributed by atoms with Crippen molar-refractivity contribution in [2.24, 2.45) is 0 Å². The van der Waals surface area contributed by atoms with Gasteiger partial charge in [-0.25, -0.2) is 4.39 Å². The van der Waals surface area contributed by atoms with Gasteiger partial charge in [-0.2, -0.15) is 0 Å². The van der Waals surface area contributed by atoms with Gasteiger partial charge in [-0.05, 0) is 54.4 Å². The Kier molecular flexibility index (Phi) is 6.58. The molecule has 0 spiro atoms. The molecule has 0 unspecified atom stereocenters. The molecule has 0 saturated heterocycles. The quantitative estimate of drug-likeness (QED) is 0.529. The highest BCUT2D eigenvalue weighted by molar-refractivity contribution is 5.99. The van der Waals surface area contributed by atoms with Crippen molar-refractivity contribution in [3.8, 4) is 11.5 Å². The molecule has 170 valence electrons. The van der Waals surface area contributed by atoms with E-state index in [1.165, 1.54) is 18.2 Å². The molecule has 6 nitrogen and oxygen atoms in total. The van der Waals surface area contributed by atoms with Crippen molar-refractivity contribution >= 4 is 17.5 Å². The zero-order valence-corrected chi connectivity index (χ0v) is 18.5. The average Bonchev–Trinajstić information content (AvgIpc) is 3.14. The van der Waals surface area contributed by atoms with Crippen molar-refractivity contribution in [3.05, 3.63) is 89.2 Å². The highest BCUT2D eigenvalue weighted by atomic mass is 19.1. The smallest absolute Gasteiger partial charge is 0.255 e. The summed E-state index contributed by atoms with van der Waals surface area (Å²) in [6, 6.07) is 18.0. The third-order valence-electron chi connectivity index (χ3n) is 5.58. The minimum Gasteiger partial charge on any atom is -0.493 e. The van der Waals surface area contributed by atoms with E-state index < -0.39 is 11.9 Å². The van der Waals surface area contributed by atoms with Crippen LogP contribution in [-0.4, -0.2) is 30.4 Å². The molecule has 1 heterocycles. The molecule has 2 amide bonds. The molecule has 3 aromatic rings. The molecule has 3 aromatic carbocycles.